The van der Waals surface area contributed by atoms with E-state index in [0.29, 0.717) is 22.3 Å². The molecule has 0 amide bonds. The van der Waals surface area contributed by atoms with Crippen LogP contribution in [0.25, 0.3) is 11.1 Å². The smallest absolute Gasteiger partial charge is 0.193 e. The first-order valence-corrected chi connectivity index (χ1v) is 6.88. The minimum atomic E-state index is -0.199. The number of para-hydroxylation sites is 1. The molecule has 3 aromatic rings. The van der Waals surface area contributed by atoms with Crippen LogP contribution in [0, 0.1) is 0 Å². The van der Waals surface area contributed by atoms with E-state index in [-0.39, 0.29) is 17.3 Å². The molecule has 3 rings (SSSR count). The van der Waals surface area contributed by atoms with Gasteiger partial charge in [-0.05, 0) is 12.1 Å². The van der Waals surface area contributed by atoms with E-state index >= 15 is 0 Å². The van der Waals surface area contributed by atoms with E-state index < -0.39 is 0 Å². The van der Waals surface area contributed by atoms with Crippen molar-refractivity contribution in [3.8, 4) is 22.6 Å². The highest BCUT2D eigenvalue weighted by Crippen LogP contribution is 2.38. The molecule has 3 heteroatoms. The van der Waals surface area contributed by atoms with Gasteiger partial charge in [0, 0.05) is 22.3 Å². The second kappa shape index (κ2) is 5.74. The van der Waals surface area contributed by atoms with Gasteiger partial charge in [-0.1, -0.05) is 60.7 Å². The van der Waals surface area contributed by atoms with Crippen molar-refractivity contribution in [2.45, 2.75) is 0 Å². The minimum absolute atomic E-state index is 0.0195. The fourth-order valence-electron chi connectivity index (χ4n) is 2.44. The highest BCUT2D eigenvalue weighted by Gasteiger charge is 2.19. The van der Waals surface area contributed by atoms with Crippen LogP contribution < -0.4 is 0 Å². The number of carbonyl (C=O) groups excluding carboxylic acids is 1. The average molecular weight is 290 g/mol. The number of hydrogen-bond acceptors (Lipinski definition) is 3. The van der Waals surface area contributed by atoms with Crippen LogP contribution in [0.2, 0.25) is 0 Å². The molecule has 0 unspecified atom stereocenters. The molecule has 3 aromatic carbocycles. The van der Waals surface area contributed by atoms with Crippen molar-refractivity contribution in [1.29, 1.82) is 0 Å². The van der Waals surface area contributed by atoms with E-state index in [0.717, 1.165) is 0 Å². The summed E-state index contributed by atoms with van der Waals surface area (Å²) in [7, 11) is 0. The van der Waals surface area contributed by atoms with Gasteiger partial charge in [0.2, 0.25) is 0 Å². The highest BCUT2D eigenvalue weighted by atomic mass is 16.3. The average Bonchev–Trinajstić information content (AvgIpc) is 2.56. The predicted molar refractivity (Wildman–Crippen MR) is 85.1 cm³/mol. The number of rotatable bonds is 3. The quantitative estimate of drug-likeness (QED) is 0.717. The fraction of sp³-hybridized carbons (Fsp3) is 0. The molecule has 22 heavy (non-hydrogen) atoms. The minimum Gasteiger partial charge on any atom is -0.507 e. The molecule has 0 heterocycles. The Balaban J connectivity index is 2.20. The molecule has 0 atom stereocenters. The fourth-order valence-corrected chi connectivity index (χ4v) is 2.44. The lowest BCUT2D eigenvalue weighted by atomic mass is 9.92. The Hall–Kier alpha value is -3.07. The van der Waals surface area contributed by atoms with Crippen LogP contribution in [0.5, 0.6) is 11.5 Å². The first kappa shape index (κ1) is 13.9. The molecular formula is C19H14O3. The Labute approximate surface area is 128 Å². The Morgan fingerprint density at radius 3 is 2.05 bits per heavy atom. The number of phenols is 2. The SMILES string of the molecule is O=C(c1ccccc1)c1cccc(O)c1-c1ccccc1O. The van der Waals surface area contributed by atoms with Crippen molar-refractivity contribution < 1.29 is 15.0 Å². The van der Waals surface area contributed by atoms with Gasteiger partial charge >= 0.3 is 0 Å². The van der Waals surface area contributed by atoms with Gasteiger partial charge in [0.15, 0.2) is 5.78 Å². The third kappa shape index (κ3) is 2.44. The van der Waals surface area contributed by atoms with E-state index in [2.05, 4.69) is 0 Å². The molecule has 0 aliphatic rings. The van der Waals surface area contributed by atoms with E-state index in [1.807, 2.05) is 6.07 Å². The van der Waals surface area contributed by atoms with Gasteiger partial charge in [0.25, 0.3) is 0 Å². The molecule has 0 aromatic heterocycles. The number of benzene rings is 3. The molecule has 0 aliphatic carbocycles. The van der Waals surface area contributed by atoms with Crippen molar-refractivity contribution in [3.63, 3.8) is 0 Å². The van der Waals surface area contributed by atoms with Crippen LogP contribution >= 0.6 is 0 Å². The van der Waals surface area contributed by atoms with Gasteiger partial charge < -0.3 is 10.2 Å². The monoisotopic (exact) mass is 290 g/mol. The molecule has 3 nitrogen and oxygen atoms in total. The normalized spacial score (nSPS) is 10.4. The van der Waals surface area contributed by atoms with Gasteiger partial charge in [-0.2, -0.15) is 0 Å². The summed E-state index contributed by atoms with van der Waals surface area (Å²) in [5.41, 5.74) is 1.66. The first-order chi connectivity index (χ1) is 10.7. The Kier molecular flexibility index (Phi) is 3.62. The largest absolute Gasteiger partial charge is 0.507 e. The topological polar surface area (TPSA) is 57.5 Å². The van der Waals surface area contributed by atoms with Crippen molar-refractivity contribution in [2.75, 3.05) is 0 Å². The second-order valence-corrected chi connectivity index (χ2v) is 4.91. The zero-order valence-electron chi connectivity index (χ0n) is 11.7. The number of hydrogen-bond donors (Lipinski definition) is 2. The number of carbonyl (C=O) groups is 1. The molecule has 0 bridgehead atoms. The standard InChI is InChI=1S/C19H14O3/c20-16-11-5-4-9-14(16)18-15(10-6-12-17(18)21)19(22)13-7-2-1-3-8-13/h1-12,20-21H. The lowest BCUT2D eigenvalue weighted by Crippen LogP contribution is -2.03. The molecule has 2 N–H and O–H groups in total. The maximum Gasteiger partial charge on any atom is 0.193 e. The lowest BCUT2D eigenvalue weighted by Gasteiger charge is -2.12. The molecular weight excluding hydrogens is 276 g/mol. The van der Waals surface area contributed by atoms with Crippen molar-refractivity contribution in [1.82, 2.24) is 0 Å². The van der Waals surface area contributed by atoms with Gasteiger partial charge in [-0.15, -0.1) is 0 Å². The van der Waals surface area contributed by atoms with E-state index in [9.17, 15) is 15.0 Å². The molecule has 0 saturated heterocycles. The summed E-state index contributed by atoms with van der Waals surface area (Å²) in [6, 6.07) is 20.3. The van der Waals surface area contributed by atoms with Crippen LogP contribution in [0.4, 0.5) is 0 Å². The van der Waals surface area contributed by atoms with E-state index in [1.54, 1.807) is 54.6 Å². The summed E-state index contributed by atoms with van der Waals surface area (Å²) in [5, 5.41) is 20.2. The molecule has 0 spiro atoms. The summed E-state index contributed by atoms with van der Waals surface area (Å²) >= 11 is 0. The third-order valence-electron chi connectivity index (χ3n) is 3.50. The van der Waals surface area contributed by atoms with E-state index in [1.165, 1.54) is 12.1 Å². The second-order valence-electron chi connectivity index (χ2n) is 4.91. The zero-order chi connectivity index (χ0) is 15.5. The van der Waals surface area contributed by atoms with Crippen LogP contribution in [-0.4, -0.2) is 16.0 Å². The van der Waals surface area contributed by atoms with Crippen LogP contribution in [0.1, 0.15) is 15.9 Å². The Bertz CT molecular complexity index is 823. The van der Waals surface area contributed by atoms with Crippen molar-refractivity contribution in [3.05, 3.63) is 83.9 Å². The number of ketones is 1. The number of phenolic OH excluding ortho intramolecular Hbond substituents is 2. The van der Waals surface area contributed by atoms with Crippen LogP contribution in [0.15, 0.2) is 72.8 Å². The molecule has 0 saturated carbocycles. The summed E-state index contributed by atoms with van der Waals surface area (Å²) in [4.78, 5) is 12.7. The summed E-state index contributed by atoms with van der Waals surface area (Å²) in [6.07, 6.45) is 0. The molecule has 0 radical (unpaired) electrons. The molecule has 108 valence electrons. The van der Waals surface area contributed by atoms with Gasteiger partial charge in [-0.3, -0.25) is 4.79 Å². The first-order valence-electron chi connectivity index (χ1n) is 6.88. The van der Waals surface area contributed by atoms with Crippen molar-refractivity contribution >= 4 is 5.78 Å². The van der Waals surface area contributed by atoms with Crippen LogP contribution in [0.3, 0.4) is 0 Å². The maximum absolute atomic E-state index is 12.7. The Morgan fingerprint density at radius 1 is 0.682 bits per heavy atom. The number of aromatic hydroxyl groups is 2. The predicted octanol–water partition coefficient (Wildman–Crippen LogP) is 4.00. The lowest BCUT2D eigenvalue weighted by molar-refractivity contribution is 0.103. The van der Waals surface area contributed by atoms with Gasteiger partial charge in [0.05, 0.1) is 0 Å². The highest BCUT2D eigenvalue weighted by molar-refractivity contribution is 6.13. The summed E-state index contributed by atoms with van der Waals surface area (Å²) in [5.74, 6) is -0.218. The maximum atomic E-state index is 12.7. The van der Waals surface area contributed by atoms with Gasteiger partial charge in [0.1, 0.15) is 11.5 Å². The zero-order valence-corrected chi connectivity index (χ0v) is 11.7. The van der Waals surface area contributed by atoms with E-state index in [4.69, 9.17) is 0 Å². The van der Waals surface area contributed by atoms with Gasteiger partial charge in [-0.25, -0.2) is 0 Å². The third-order valence-corrected chi connectivity index (χ3v) is 3.50. The Morgan fingerprint density at radius 2 is 1.32 bits per heavy atom. The van der Waals surface area contributed by atoms with Crippen LogP contribution in [-0.2, 0) is 0 Å². The molecule has 0 fully saturated rings. The summed E-state index contributed by atoms with van der Waals surface area (Å²) in [6.45, 7) is 0. The molecule has 0 aliphatic heterocycles. The van der Waals surface area contributed by atoms with Crippen molar-refractivity contribution in [2.24, 2.45) is 0 Å². The summed E-state index contributed by atoms with van der Waals surface area (Å²) < 4.78 is 0.